The quantitative estimate of drug-likeness (QED) is 0.664. The van der Waals surface area contributed by atoms with Gasteiger partial charge in [0.25, 0.3) is 0 Å². The monoisotopic (exact) mass is 274 g/mol. The second kappa shape index (κ2) is 5.96. The molecule has 2 aromatic rings. The Labute approximate surface area is 115 Å². The maximum absolute atomic E-state index is 10.9. The van der Waals surface area contributed by atoms with Crippen LogP contribution in [0.3, 0.4) is 0 Å². The topological polar surface area (TPSA) is 104 Å². The summed E-state index contributed by atoms with van der Waals surface area (Å²) in [5, 5.41) is 10.9. The summed E-state index contributed by atoms with van der Waals surface area (Å²) in [4.78, 5) is 17.6. The molecule has 2 rings (SSSR count). The Morgan fingerprint density at radius 3 is 2.60 bits per heavy atom. The van der Waals surface area contributed by atoms with Gasteiger partial charge in [-0.2, -0.15) is 4.98 Å². The van der Waals surface area contributed by atoms with Crippen LogP contribution in [0.1, 0.15) is 18.9 Å². The van der Waals surface area contributed by atoms with Gasteiger partial charge in [0.05, 0.1) is 4.92 Å². The molecule has 0 bridgehead atoms. The molecule has 104 valence electrons. The molecular formula is C13H14N4O3. The van der Waals surface area contributed by atoms with E-state index in [0.29, 0.717) is 5.75 Å². The molecule has 0 spiro atoms. The van der Waals surface area contributed by atoms with Crippen molar-refractivity contribution in [1.82, 2.24) is 9.97 Å². The second-order valence-corrected chi connectivity index (χ2v) is 4.17. The van der Waals surface area contributed by atoms with Crippen LogP contribution in [0, 0.1) is 10.1 Å². The van der Waals surface area contributed by atoms with Crippen molar-refractivity contribution < 1.29 is 9.66 Å². The van der Waals surface area contributed by atoms with Crippen molar-refractivity contribution in [2.24, 2.45) is 0 Å². The van der Waals surface area contributed by atoms with Gasteiger partial charge in [-0.05, 0) is 24.1 Å². The normalized spacial score (nSPS) is 10.2. The van der Waals surface area contributed by atoms with Gasteiger partial charge < -0.3 is 10.5 Å². The number of hydrogen-bond donors (Lipinski definition) is 1. The lowest BCUT2D eigenvalue weighted by Gasteiger charge is -2.06. The highest BCUT2D eigenvalue weighted by Gasteiger charge is 2.22. The van der Waals surface area contributed by atoms with Crippen LogP contribution in [0.4, 0.5) is 11.5 Å². The predicted molar refractivity (Wildman–Crippen MR) is 73.6 cm³/mol. The molecule has 1 aromatic heterocycles. The van der Waals surface area contributed by atoms with E-state index < -0.39 is 10.6 Å². The predicted octanol–water partition coefficient (Wildman–Crippen LogP) is 2.71. The second-order valence-electron chi connectivity index (χ2n) is 4.17. The van der Waals surface area contributed by atoms with E-state index in [9.17, 15) is 10.1 Å². The molecule has 7 heteroatoms. The third-order valence-corrected chi connectivity index (χ3v) is 2.68. The first-order chi connectivity index (χ1) is 9.61. The average molecular weight is 274 g/mol. The molecule has 0 aliphatic carbocycles. The zero-order valence-electron chi connectivity index (χ0n) is 10.9. The van der Waals surface area contributed by atoms with Gasteiger partial charge in [0.2, 0.25) is 5.82 Å². The lowest BCUT2D eigenvalue weighted by atomic mass is 10.1. The molecule has 0 unspecified atom stereocenters. The zero-order chi connectivity index (χ0) is 14.5. The maximum atomic E-state index is 10.9. The third-order valence-electron chi connectivity index (χ3n) is 2.68. The number of rotatable bonds is 5. The minimum absolute atomic E-state index is 0.161. The summed E-state index contributed by atoms with van der Waals surface area (Å²) >= 11 is 0. The number of aryl methyl sites for hydroxylation is 1. The van der Waals surface area contributed by atoms with Crippen LogP contribution in [-0.4, -0.2) is 14.9 Å². The van der Waals surface area contributed by atoms with E-state index in [1.54, 1.807) is 12.1 Å². The lowest BCUT2D eigenvalue weighted by Crippen LogP contribution is -2.02. The van der Waals surface area contributed by atoms with Gasteiger partial charge in [-0.15, -0.1) is 0 Å². The highest BCUT2D eigenvalue weighted by atomic mass is 16.6. The van der Waals surface area contributed by atoms with E-state index in [1.807, 2.05) is 12.1 Å². The fourth-order valence-electron chi connectivity index (χ4n) is 1.75. The molecule has 0 aliphatic rings. The highest BCUT2D eigenvalue weighted by molar-refractivity contribution is 5.58. The number of hydrogen-bond acceptors (Lipinski definition) is 6. The van der Waals surface area contributed by atoms with Gasteiger partial charge in [-0.1, -0.05) is 25.5 Å². The number of aromatic nitrogens is 2. The summed E-state index contributed by atoms with van der Waals surface area (Å²) in [5.41, 5.74) is 6.22. The van der Waals surface area contributed by atoms with Gasteiger partial charge in [0, 0.05) is 0 Å². The van der Waals surface area contributed by atoms with E-state index in [2.05, 4.69) is 16.9 Å². The van der Waals surface area contributed by atoms with Crippen molar-refractivity contribution in [2.45, 2.75) is 19.8 Å². The Bertz CT molecular complexity index is 614. The standard InChI is InChI=1S/C13H14N4O3/c1-2-3-9-4-6-10(7-5-9)20-13-11(17(18)19)12(14)15-8-16-13/h4-8H,2-3H2,1H3,(H2,14,15,16). The average Bonchev–Trinajstić information content (AvgIpc) is 2.41. The largest absolute Gasteiger partial charge is 0.434 e. The van der Waals surface area contributed by atoms with E-state index >= 15 is 0 Å². The van der Waals surface area contributed by atoms with Crippen LogP contribution < -0.4 is 10.5 Å². The molecule has 1 aromatic carbocycles. The Morgan fingerprint density at radius 2 is 2.00 bits per heavy atom. The Hall–Kier alpha value is -2.70. The molecule has 0 saturated heterocycles. The van der Waals surface area contributed by atoms with Crippen molar-refractivity contribution in [3.05, 3.63) is 46.3 Å². The number of ether oxygens (including phenoxy) is 1. The SMILES string of the molecule is CCCc1ccc(Oc2ncnc(N)c2[N+](=O)[O-])cc1. The number of anilines is 1. The molecule has 0 radical (unpaired) electrons. The lowest BCUT2D eigenvalue weighted by molar-refractivity contribution is -0.385. The van der Waals surface area contributed by atoms with Crippen molar-refractivity contribution in [1.29, 1.82) is 0 Å². The molecule has 1 heterocycles. The summed E-state index contributed by atoms with van der Waals surface area (Å²) in [6.07, 6.45) is 3.15. The molecule has 2 N–H and O–H groups in total. The van der Waals surface area contributed by atoms with Gasteiger partial charge in [0.15, 0.2) is 0 Å². The first kappa shape index (κ1) is 13.7. The first-order valence-electron chi connectivity index (χ1n) is 6.13. The first-order valence-corrected chi connectivity index (χ1v) is 6.13. The minimum Gasteiger partial charge on any atom is -0.434 e. The van der Waals surface area contributed by atoms with Crippen LogP contribution in [0.2, 0.25) is 0 Å². The van der Waals surface area contributed by atoms with Crippen molar-refractivity contribution in [3.8, 4) is 11.6 Å². The Kier molecular flexibility index (Phi) is 4.09. The summed E-state index contributed by atoms with van der Waals surface area (Å²) in [7, 11) is 0. The van der Waals surface area contributed by atoms with Crippen LogP contribution in [0.25, 0.3) is 0 Å². The molecule has 0 aliphatic heterocycles. The molecule has 20 heavy (non-hydrogen) atoms. The molecule has 0 fully saturated rings. The summed E-state index contributed by atoms with van der Waals surface area (Å²) in [6.45, 7) is 2.09. The minimum atomic E-state index is -0.657. The third kappa shape index (κ3) is 3.00. The molecular weight excluding hydrogens is 260 g/mol. The Morgan fingerprint density at radius 1 is 1.30 bits per heavy atom. The van der Waals surface area contributed by atoms with Crippen LogP contribution in [0.5, 0.6) is 11.6 Å². The van der Waals surface area contributed by atoms with Crippen LogP contribution in [0.15, 0.2) is 30.6 Å². The van der Waals surface area contributed by atoms with E-state index in [-0.39, 0.29) is 11.7 Å². The summed E-state index contributed by atoms with van der Waals surface area (Å²) < 4.78 is 5.41. The molecule has 7 nitrogen and oxygen atoms in total. The number of nitrogens with zero attached hydrogens (tertiary/aromatic N) is 3. The van der Waals surface area contributed by atoms with E-state index in [0.717, 1.165) is 19.2 Å². The summed E-state index contributed by atoms with van der Waals surface area (Å²) in [5.74, 6) is 0.0828. The molecule has 0 atom stereocenters. The van der Waals surface area contributed by atoms with Crippen LogP contribution >= 0.6 is 0 Å². The number of nitrogens with two attached hydrogens (primary N) is 1. The highest BCUT2D eigenvalue weighted by Crippen LogP contribution is 2.32. The molecule has 0 saturated carbocycles. The van der Waals surface area contributed by atoms with Crippen molar-refractivity contribution >= 4 is 11.5 Å². The van der Waals surface area contributed by atoms with E-state index in [1.165, 1.54) is 5.56 Å². The van der Waals surface area contributed by atoms with Crippen molar-refractivity contribution in [2.75, 3.05) is 5.73 Å². The number of benzene rings is 1. The zero-order valence-corrected chi connectivity index (χ0v) is 10.9. The van der Waals surface area contributed by atoms with E-state index in [4.69, 9.17) is 10.5 Å². The Balaban J connectivity index is 2.26. The van der Waals surface area contributed by atoms with Gasteiger partial charge in [-0.3, -0.25) is 10.1 Å². The maximum Gasteiger partial charge on any atom is 0.372 e. The fourth-order valence-corrected chi connectivity index (χ4v) is 1.75. The van der Waals surface area contributed by atoms with Crippen molar-refractivity contribution in [3.63, 3.8) is 0 Å². The fraction of sp³-hybridized carbons (Fsp3) is 0.231. The number of nitro groups is 1. The number of nitrogen functional groups attached to an aromatic ring is 1. The smallest absolute Gasteiger partial charge is 0.372 e. The van der Waals surface area contributed by atoms with Gasteiger partial charge >= 0.3 is 11.6 Å². The van der Waals surface area contributed by atoms with Crippen LogP contribution in [-0.2, 0) is 6.42 Å². The van der Waals surface area contributed by atoms with Gasteiger partial charge in [-0.25, -0.2) is 4.98 Å². The molecule has 0 amide bonds. The summed E-state index contributed by atoms with van der Waals surface area (Å²) in [6, 6.07) is 7.31. The van der Waals surface area contributed by atoms with Gasteiger partial charge in [0.1, 0.15) is 12.1 Å².